The van der Waals surface area contributed by atoms with Crippen LogP contribution in [0.25, 0.3) is 21.3 Å². The maximum atomic E-state index is 5.53. The number of rotatable bonds is 5. The van der Waals surface area contributed by atoms with Crippen molar-refractivity contribution in [2.45, 2.75) is 30.0 Å². The minimum atomic E-state index is 0.604. The second-order valence-corrected chi connectivity index (χ2v) is 9.57. The zero-order valence-electron chi connectivity index (χ0n) is 16.7. The summed E-state index contributed by atoms with van der Waals surface area (Å²) in [5, 5.41) is 2.86. The molecule has 4 rings (SSSR count). The van der Waals surface area contributed by atoms with Crippen molar-refractivity contribution in [3.8, 4) is 22.6 Å². The molecular formula is C21H25N3O2S2. The topological polar surface area (TPSA) is 47.5 Å². The molecule has 148 valence electrons. The Morgan fingerprint density at radius 2 is 1.86 bits per heavy atom. The normalized spacial score (nSPS) is 15.9. The average Bonchev–Trinajstić information content (AvgIpc) is 3.06. The lowest BCUT2D eigenvalue weighted by Crippen LogP contribution is -2.31. The van der Waals surface area contributed by atoms with Crippen molar-refractivity contribution in [2.24, 2.45) is 0 Å². The van der Waals surface area contributed by atoms with Crippen molar-refractivity contribution in [3.63, 3.8) is 0 Å². The van der Waals surface area contributed by atoms with Crippen LogP contribution in [0.4, 0.5) is 0 Å². The molecule has 1 saturated heterocycles. The Hall–Kier alpha value is -1.83. The van der Waals surface area contributed by atoms with Crippen LogP contribution in [0, 0.1) is 6.92 Å². The van der Waals surface area contributed by atoms with Gasteiger partial charge in [-0.15, -0.1) is 23.1 Å². The van der Waals surface area contributed by atoms with Gasteiger partial charge in [0.15, 0.2) is 11.5 Å². The summed E-state index contributed by atoms with van der Waals surface area (Å²) in [5.41, 5.74) is 2.32. The summed E-state index contributed by atoms with van der Waals surface area (Å²) < 4.78 is 10.9. The van der Waals surface area contributed by atoms with E-state index < -0.39 is 0 Å². The molecule has 1 fully saturated rings. The molecule has 0 amide bonds. The van der Waals surface area contributed by atoms with Crippen LogP contribution in [0.3, 0.4) is 0 Å². The molecule has 5 nitrogen and oxygen atoms in total. The number of piperidine rings is 1. The van der Waals surface area contributed by atoms with Crippen LogP contribution >= 0.6 is 23.1 Å². The van der Waals surface area contributed by atoms with Gasteiger partial charge in [0.05, 0.1) is 19.6 Å². The summed E-state index contributed by atoms with van der Waals surface area (Å²) >= 11 is 3.64. The lowest BCUT2D eigenvalue weighted by Gasteiger charge is -2.28. The van der Waals surface area contributed by atoms with E-state index in [9.17, 15) is 0 Å². The van der Waals surface area contributed by atoms with E-state index in [1.807, 2.05) is 23.9 Å². The highest BCUT2D eigenvalue weighted by atomic mass is 32.2. The standard InChI is InChI=1S/C21H25N3O2S2/c1-13-18(14-5-6-16(25-3)17(11-14)26-4)19-20(27-13)22-12-23-21(19)28-15-7-9-24(2)10-8-15/h5-6,11-12,15H,7-10H2,1-4H3. The van der Waals surface area contributed by atoms with Crippen LogP contribution < -0.4 is 9.47 Å². The summed E-state index contributed by atoms with van der Waals surface area (Å²) in [6, 6.07) is 6.10. The van der Waals surface area contributed by atoms with E-state index in [-0.39, 0.29) is 0 Å². The van der Waals surface area contributed by atoms with Crippen LogP contribution in [0.1, 0.15) is 17.7 Å². The maximum absolute atomic E-state index is 5.53. The monoisotopic (exact) mass is 415 g/mol. The first-order chi connectivity index (χ1) is 13.6. The first-order valence-electron chi connectivity index (χ1n) is 9.42. The minimum absolute atomic E-state index is 0.604. The van der Waals surface area contributed by atoms with Crippen molar-refractivity contribution in [2.75, 3.05) is 34.4 Å². The summed E-state index contributed by atoms with van der Waals surface area (Å²) in [6.07, 6.45) is 4.09. The van der Waals surface area contributed by atoms with Gasteiger partial charge in [-0.3, -0.25) is 0 Å². The highest BCUT2D eigenvalue weighted by molar-refractivity contribution is 8.00. The average molecular weight is 416 g/mol. The molecule has 2 aromatic heterocycles. The number of thiophene rings is 1. The molecule has 3 aromatic rings. The molecule has 0 bridgehead atoms. The first-order valence-corrected chi connectivity index (χ1v) is 11.1. The fourth-order valence-corrected chi connectivity index (χ4v) is 5.97. The van der Waals surface area contributed by atoms with Gasteiger partial charge in [-0.05, 0) is 57.6 Å². The number of hydrogen-bond acceptors (Lipinski definition) is 7. The van der Waals surface area contributed by atoms with Crippen LogP contribution in [0.15, 0.2) is 29.6 Å². The highest BCUT2D eigenvalue weighted by Crippen LogP contribution is 2.44. The van der Waals surface area contributed by atoms with Crippen LogP contribution in [-0.2, 0) is 0 Å². The third-order valence-electron chi connectivity index (χ3n) is 5.25. The number of benzene rings is 1. The second kappa shape index (κ2) is 8.27. The molecule has 0 saturated carbocycles. The van der Waals surface area contributed by atoms with E-state index in [1.54, 1.807) is 31.9 Å². The highest BCUT2D eigenvalue weighted by Gasteiger charge is 2.23. The third-order valence-corrected chi connectivity index (χ3v) is 7.60. The van der Waals surface area contributed by atoms with Gasteiger partial charge < -0.3 is 14.4 Å². The molecule has 3 heterocycles. The number of aromatic nitrogens is 2. The Labute approximate surface area is 174 Å². The predicted molar refractivity (Wildman–Crippen MR) is 117 cm³/mol. The van der Waals surface area contributed by atoms with E-state index in [1.165, 1.54) is 28.7 Å². The predicted octanol–water partition coefficient (Wildman–Crippen LogP) is 4.87. The summed E-state index contributed by atoms with van der Waals surface area (Å²) in [5.74, 6) is 1.47. The van der Waals surface area contributed by atoms with Gasteiger partial charge in [0.2, 0.25) is 0 Å². The molecule has 7 heteroatoms. The number of nitrogens with zero attached hydrogens (tertiary/aromatic N) is 3. The van der Waals surface area contributed by atoms with E-state index >= 15 is 0 Å². The molecule has 1 aliphatic rings. The minimum Gasteiger partial charge on any atom is -0.493 e. The fraction of sp³-hybridized carbons (Fsp3) is 0.429. The second-order valence-electron chi connectivity index (χ2n) is 7.08. The molecule has 0 N–H and O–H groups in total. The van der Waals surface area contributed by atoms with Gasteiger partial charge in [0.1, 0.15) is 16.2 Å². The Kier molecular flexibility index (Phi) is 5.75. The Morgan fingerprint density at radius 3 is 2.57 bits per heavy atom. The quantitative estimate of drug-likeness (QED) is 0.554. The number of ether oxygens (including phenoxy) is 2. The van der Waals surface area contributed by atoms with Crippen LogP contribution in [0.2, 0.25) is 0 Å². The summed E-state index contributed by atoms with van der Waals surface area (Å²) in [7, 11) is 5.53. The van der Waals surface area contributed by atoms with E-state index in [4.69, 9.17) is 9.47 Å². The van der Waals surface area contributed by atoms with Gasteiger partial charge in [-0.1, -0.05) is 6.07 Å². The molecule has 1 aliphatic heterocycles. The van der Waals surface area contributed by atoms with E-state index in [2.05, 4.69) is 34.9 Å². The van der Waals surface area contributed by atoms with Gasteiger partial charge in [-0.2, -0.15) is 0 Å². The number of hydrogen-bond donors (Lipinski definition) is 0. The van der Waals surface area contributed by atoms with Gasteiger partial charge >= 0.3 is 0 Å². The Balaban J connectivity index is 1.78. The molecule has 0 radical (unpaired) electrons. The van der Waals surface area contributed by atoms with E-state index in [0.717, 1.165) is 40.0 Å². The van der Waals surface area contributed by atoms with E-state index in [0.29, 0.717) is 5.25 Å². The maximum Gasteiger partial charge on any atom is 0.161 e. The van der Waals surface area contributed by atoms with Crippen molar-refractivity contribution in [1.82, 2.24) is 14.9 Å². The largest absolute Gasteiger partial charge is 0.493 e. The van der Waals surface area contributed by atoms with Crippen molar-refractivity contribution in [1.29, 1.82) is 0 Å². The molecule has 0 atom stereocenters. The lowest BCUT2D eigenvalue weighted by molar-refractivity contribution is 0.282. The Morgan fingerprint density at radius 1 is 1.11 bits per heavy atom. The van der Waals surface area contributed by atoms with Gasteiger partial charge in [0, 0.05) is 15.7 Å². The third kappa shape index (κ3) is 3.71. The molecule has 0 spiro atoms. The molecule has 28 heavy (non-hydrogen) atoms. The molecule has 0 unspecified atom stereocenters. The molecule has 1 aromatic carbocycles. The SMILES string of the molecule is COc1ccc(-c2c(C)sc3ncnc(SC4CCN(C)CC4)c23)cc1OC. The number of methoxy groups -OCH3 is 2. The fourth-order valence-electron chi connectivity index (χ4n) is 3.71. The first kappa shape index (κ1) is 19.5. The zero-order valence-corrected chi connectivity index (χ0v) is 18.3. The van der Waals surface area contributed by atoms with Crippen LogP contribution in [0.5, 0.6) is 11.5 Å². The number of aryl methyl sites for hydroxylation is 1. The number of thioether (sulfide) groups is 1. The smallest absolute Gasteiger partial charge is 0.161 e. The molecule has 0 aliphatic carbocycles. The van der Waals surface area contributed by atoms with Crippen molar-refractivity contribution >= 4 is 33.3 Å². The zero-order chi connectivity index (χ0) is 19.7. The lowest BCUT2D eigenvalue weighted by atomic mass is 10.0. The van der Waals surface area contributed by atoms with Crippen molar-refractivity contribution in [3.05, 3.63) is 29.4 Å². The summed E-state index contributed by atoms with van der Waals surface area (Å²) in [4.78, 5) is 13.9. The van der Waals surface area contributed by atoms with Gasteiger partial charge in [-0.25, -0.2) is 9.97 Å². The molecular weight excluding hydrogens is 390 g/mol. The summed E-state index contributed by atoms with van der Waals surface area (Å²) in [6.45, 7) is 4.45. The van der Waals surface area contributed by atoms with Crippen LogP contribution in [-0.4, -0.2) is 54.5 Å². The number of likely N-dealkylation sites (tertiary alicyclic amines) is 1. The number of fused-ring (bicyclic) bond motifs is 1. The Bertz CT molecular complexity index is 981. The van der Waals surface area contributed by atoms with Crippen molar-refractivity contribution < 1.29 is 9.47 Å². The van der Waals surface area contributed by atoms with Gasteiger partial charge in [0.25, 0.3) is 0 Å².